The molecule has 0 saturated heterocycles. The fraction of sp³-hybridized carbons (Fsp3) is 0.522. The molecule has 0 atom stereocenters. The van der Waals surface area contributed by atoms with E-state index in [1.54, 1.807) is 13.0 Å². The summed E-state index contributed by atoms with van der Waals surface area (Å²) < 4.78 is 5.60. The number of hydrazine groups is 1. The van der Waals surface area contributed by atoms with E-state index in [-0.39, 0.29) is 23.6 Å². The molecule has 30 heavy (non-hydrogen) atoms. The summed E-state index contributed by atoms with van der Waals surface area (Å²) in [4.78, 5) is 37.5. The molecular weight excluding hydrogens is 382 g/mol. The molecule has 1 aromatic carbocycles. The zero-order valence-electron chi connectivity index (χ0n) is 17.1. The number of benzene rings is 1. The van der Waals surface area contributed by atoms with Gasteiger partial charge in [0.1, 0.15) is 5.58 Å². The van der Waals surface area contributed by atoms with Crippen molar-refractivity contribution in [3.8, 4) is 0 Å². The smallest absolute Gasteiger partial charge is 0.305 e. The molecule has 6 rings (SSSR count). The van der Waals surface area contributed by atoms with Crippen LogP contribution in [0.4, 0.5) is 0 Å². The van der Waals surface area contributed by atoms with E-state index in [9.17, 15) is 14.4 Å². The molecule has 0 spiro atoms. The Hall–Kier alpha value is -2.83. The first kappa shape index (κ1) is 19.2. The van der Waals surface area contributed by atoms with Crippen LogP contribution >= 0.6 is 0 Å². The molecule has 1 heterocycles. The molecule has 0 aliphatic heterocycles. The zero-order chi connectivity index (χ0) is 20.9. The Balaban J connectivity index is 1.14. The third kappa shape index (κ3) is 3.26. The number of furan rings is 1. The van der Waals surface area contributed by atoms with E-state index in [1.165, 1.54) is 19.3 Å². The highest BCUT2D eigenvalue weighted by Crippen LogP contribution is 2.60. The molecule has 0 unspecified atom stereocenters. The maximum absolute atomic E-state index is 12.9. The molecule has 4 saturated carbocycles. The minimum absolute atomic E-state index is 0.00351. The predicted molar refractivity (Wildman–Crippen MR) is 110 cm³/mol. The summed E-state index contributed by atoms with van der Waals surface area (Å²) in [5.41, 5.74) is 5.79. The number of amides is 3. The molecule has 3 amide bonds. The quantitative estimate of drug-likeness (QED) is 0.676. The minimum atomic E-state index is -0.524. The molecule has 1 aromatic heterocycles. The van der Waals surface area contributed by atoms with Gasteiger partial charge in [-0.1, -0.05) is 18.2 Å². The zero-order valence-corrected chi connectivity index (χ0v) is 17.1. The van der Waals surface area contributed by atoms with Crippen molar-refractivity contribution in [2.45, 2.75) is 45.4 Å². The van der Waals surface area contributed by atoms with Gasteiger partial charge in [0.05, 0.1) is 6.54 Å². The van der Waals surface area contributed by atoms with Crippen LogP contribution in [0.1, 0.15) is 54.6 Å². The fourth-order valence-corrected chi connectivity index (χ4v) is 6.36. The third-order valence-electron chi connectivity index (χ3n) is 7.29. The van der Waals surface area contributed by atoms with Gasteiger partial charge in [0, 0.05) is 16.4 Å². The summed E-state index contributed by atoms with van der Waals surface area (Å²) in [6.45, 7) is 1.65. The Morgan fingerprint density at radius 1 is 1.00 bits per heavy atom. The normalized spacial score (nSPS) is 29.0. The fourth-order valence-electron chi connectivity index (χ4n) is 6.36. The van der Waals surface area contributed by atoms with Gasteiger partial charge in [-0.15, -0.1) is 0 Å². The minimum Gasteiger partial charge on any atom is -0.451 e. The van der Waals surface area contributed by atoms with Crippen molar-refractivity contribution in [3.63, 3.8) is 0 Å². The highest BCUT2D eigenvalue weighted by atomic mass is 16.3. The molecule has 7 heteroatoms. The van der Waals surface area contributed by atoms with E-state index in [1.807, 2.05) is 18.2 Å². The van der Waals surface area contributed by atoms with Crippen LogP contribution in [0.25, 0.3) is 11.0 Å². The molecule has 4 aliphatic rings. The molecule has 2 aromatic rings. The number of hydrogen-bond acceptors (Lipinski definition) is 4. The number of carbonyl (C=O) groups excluding carboxylic acids is 3. The van der Waals surface area contributed by atoms with Crippen LogP contribution in [-0.2, 0) is 9.59 Å². The average molecular weight is 409 g/mol. The summed E-state index contributed by atoms with van der Waals surface area (Å²) in [7, 11) is 0. The lowest BCUT2D eigenvalue weighted by atomic mass is 9.49. The second kappa shape index (κ2) is 7.15. The molecule has 4 bridgehead atoms. The number of hydrogen-bond donors (Lipinski definition) is 3. The van der Waals surface area contributed by atoms with Crippen LogP contribution in [0.5, 0.6) is 0 Å². The van der Waals surface area contributed by atoms with Crippen molar-refractivity contribution in [2.24, 2.45) is 23.2 Å². The number of para-hydroxylation sites is 1. The molecule has 0 radical (unpaired) electrons. The largest absolute Gasteiger partial charge is 0.451 e. The van der Waals surface area contributed by atoms with E-state index in [4.69, 9.17) is 4.42 Å². The maximum Gasteiger partial charge on any atom is 0.305 e. The van der Waals surface area contributed by atoms with Gasteiger partial charge in [-0.25, -0.2) is 0 Å². The van der Waals surface area contributed by atoms with E-state index in [0.717, 1.165) is 24.6 Å². The summed E-state index contributed by atoms with van der Waals surface area (Å²) in [6.07, 6.45) is 6.65. The van der Waals surface area contributed by atoms with Gasteiger partial charge in [-0.2, -0.15) is 0 Å². The van der Waals surface area contributed by atoms with E-state index in [0.29, 0.717) is 28.9 Å². The van der Waals surface area contributed by atoms with Crippen LogP contribution < -0.4 is 16.2 Å². The molecule has 4 aliphatic carbocycles. The second-order valence-corrected chi connectivity index (χ2v) is 9.44. The molecule has 3 N–H and O–H groups in total. The monoisotopic (exact) mass is 409 g/mol. The molecule has 7 nitrogen and oxygen atoms in total. The van der Waals surface area contributed by atoms with Gasteiger partial charge in [-0.3, -0.25) is 25.2 Å². The van der Waals surface area contributed by atoms with Gasteiger partial charge < -0.3 is 9.73 Å². The van der Waals surface area contributed by atoms with Crippen LogP contribution in [0.15, 0.2) is 28.7 Å². The number of fused-ring (bicyclic) bond motifs is 1. The SMILES string of the molecule is Cc1c(C(=O)NNC(=O)CNC(=O)C23CC4CC(CC(C4)C2)C3)oc2ccccc12. The average Bonchev–Trinajstić information content (AvgIpc) is 3.06. The Morgan fingerprint density at radius 3 is 2.27 bits per heavy atom. The number of rotatable bonds is 4. The highest BCUT2D eigenvalue weighted by molar-refractivity contribution is 5.99. The van der Waals surface area contributed by atoms with Gasteiger partial charge in [0.2, 0.25) is 5.91 Å². The van der Waals surface area contributed by atoms with Gasteiger partial charge in [0.15, 0.2) is 5.76 Å². The third-order valence-corrected chi connectivity index (χ3v) is 7.29. The van der Waals surface area contributed by atoms with Gasteiger partial charge >= 0.3 is 5.91 Å². The summed E-state index contributed by atoms with van der Waals surface area (Å²) in [5.74, 6) is 1.18. The van der Waals surface area contributed by atoms with Crippen molar-refractivity contribution >= 4 is 28.7 Å². The molecule has 4 fully saturated rings. The van der Waals surface area contributed by atoms with Crippen molar-refractivity contribution in [3.05, 3.63) is 35.6 Å². The van der Waals surface area contributed by atoms with Gasteiger partial charge in [0.25, 0.3) is 5.91 Å². The standard InChI is InChI=1S/C23H27N3O4/c1-13-17-4-2-3-5-18(17)30-20(13)21(28)26-25-19(27)12-24-22(29)23-9-14-6-15(10-23)8-16(7-14)11-23/h2-5,14-16H,6-12H2,1H3,(H,24,29)(H,25,27)(H,26,28). The Bertz CT molecular complexity index is 989. The van der Waals surface area contributed by atoms with Crippen LogP contribution in [0.3, 0.4) is 0 Å². The summed E-state index contributed by atoms with van der Waals surface area (Å²) in [5, 5.41) is 3.67. The lowest BCUT2D eigenvalue weighted by Crippen LogP contribution is -2.55. The van der Waals surface area contributed by atoms with Crippen LogP contribution in [-0.4, -0.2) is 24.3 Å². The Labute approximate surface area is 174 Å². The summed E-state index contributed by atoms with van der Waals surface area (Å²) in [6, 6.07) is 7.38. The topological polar surface area (TPSA) is 100 Å². The first-order valence-electron chi connectivity index (χ1n) is 10.8. The highest BCUT2D eigenvalue weighted by Gasteiger charge is 2.54. The predicted octanol–water partition coefficient (Wildman–Crippen LogP) is 2.83. The Morgan fingerprint density at radius 2 is 1.63 bits per heavy atom. The number of nitrogens with one attached hydrogen (secondary N) is 3. The van der Waals surface area contributed by atoms with Crippen molar-refractivity contribution in [1.82, 2.24) is 16.2 Å². The number of aryl methyl sites for hydroxylation is 1. The van der Waals surface area contributed by atoms with Crippen molar-refractivity contribution < 1.29 is 18.8 Å². The number of carbonyl (C=O) groups is 3. The van der Waals surface area contributed by atoms with Crippen molar-refractivity contribution in [1.29, 1.82) is 0 Å². The van der Waals surface area contributed by atoms with E-state index >= 15 is 0 Å². The second-order valence-electron chi connectivity index (χ2n) is 9.44. The van der Waals surface area contributed by atoms with E-state index < -0.39 is 11.8 Å². The van der Waals surface area contributed by atoms with E-state index in [2.05, 4.69) is 16.2 Å². The van der Waals surface area contributed by atoms with Crippen LogP contribution in [0.2, 0.25) is 0 Å². The first-order chi connectivity index (χ1) is 14.4. The van der Waals surface area contributed by atoms with Crippen LogP contribution in [0, 0.1) is 30.1 Å². The maximum atomic E-state index is 12.9. The lowest BCUT2D eigenvalue weighted by molar-refractivity contribution is -0.147. The van der Waals surface area contributed by atoms with Crippen molar-refractivity contribution in [2.75, 3.05) is 6.54 Å². The Kier molecular flexibility index (Phi) is 4.56. The van der Waals surface area contributed by atoms with Gasteiger partial charge in [-0.05, 0) is 69.3 Å². The lowest BCUT2D eigenvalue weighted by Gasteiger charge is -2.55. The molecular formula is C23H27N3O4. The molecule has 158 valence electrons. The summed E-state index contributed by atoms with van der Waals surface area (Å²) >= 11 is 0. The first-order valence-corrected chi connectivity index (χ1v) is 10.8.